The highest BCUT2D eigenvalue weighted by Crippen LogP contribution is 2.08. The molecule has 2 aromatic rings. The summed E-state index contributed by atoms with van der Waals surface area (Å²) in [4.78, 5) is 30.8. The first kappa shape index (κ1) is 19.6. The molecular weight excluding hydrogens is 362 g/mol. The summed E-state index contributed by atoms with van der Waals surface area (Å²) < 4.78 is 4.29. The molecule has 0 unspecified atom stereocenters. The van der Waals surface area contributed by atoms with E-state index in [1.165, 1.54) is 0 Å². The van der Waals surface area contributed by atoms with E-state index in [4.69, 9.17) is 0 Å². The molecule has 0 fully saturated rings. The smallest absolute Gasteiger partial charge is 0.330 e. The number of hydrogen-bond donors (Lipinski definition) is 1. The summed E-state index contributed by atoms with van der Waals surface area (Å²) in [6.45, 7) is 7.42. The van der Waals surface area contributed by atoms with Gasteiger partial charge in [0.05, 0.1) is 40.1 Å². The van der Waals surface area contributed by atoms with Gasteiger partial charge in [0.2, 0.25) is 0 Å². The van der Waals surface area contributed by atoms with Gasteiger partial charge in [-0.05, 0) is 12.8 Å². The third kappa shape index (κ3) is 4.32. The van der Waals surface area contributed by atoms with E-state index < -0.39 is 0 Å². The lowest BCUT2D eigenvalue weighted by atomic mass is 10.3. The maximum absolute atomic E-state index is 12.2. The van der Waals surface area contributed by atoms with E-state index in [0.29, 0.717) is 24.3 Å². The third-order valence-corrected chi connectivity index (χ3v) is 3.98. The van der Waals surface area contributed by atoms with Crippen LogP contribution < -0.4 is 28.2 Å². The molecular formula is C15H26BrN5O2. The molecule has 0 aliphatic heterocycles. The lowest BCUT2D eigenvalue weighted by Crippen LogP contribution is -3.00. The minimum atomic E-state index is -0.383. The van der Waals surface area contributed by atoms with E-state index in [1.807, 2.05) is 11.5 Å². The van der Waals surface area contributed by atoms with Crippen molar-refractivity contribution in [2.24, 2.45) is 0 Å². The molecule has 130 valence electrons. The van der Waals surface area contributed by atoms with Crippen molar-refractivity contribution in [3.05, 3.63) is 27.2 Å². The number of nitrogens with zero attached hydrogens (tertiary/aromatic N) is 4. The van der Waals surface area contributed by atoms with Crippen molar-refractivity contribution in [3.63, 3.8) is 0 Å². The molecule has 0 aliphatic rings. The minimum Gasteiger partial charge on any atom is -1.00 e. The topological polar surface area (TPSA) is 72.7 Å². The van der Waals surface area contributed by atoms with Gasteiger partial charge in [0, 0.05) is 6.54 Å². The first-order valence-electron chi connectivity index (χ1n) is 7.89. The Morgan fingerprint density at radius 1 is 1.13 bits per heavy atom. The molecule has 2 aromatic heterocycles. The number of halogens is 1. The van der Waals surface area contributed by atoms with Crippen LogP contribution in [0.3, 0.4) is 0 Å². The van der Waals surface area contributed by atoms with Crippen molar-refractivity contribution in [2.45, 2.75) is 39.8 Å². The monoisotopic (exact) mass is 387 g/mol. The zero-order valence-corrected chi connectivity index (χ0v) is 15.9. The second-order valence-electron chi connectivity index (χ2n) is 6.40. The summed E-state index contributed by atoms with van der Waals surface area (Å²) in [5.74, 6) is 0. The maximum Gasteiger partial charge on any atom is 0.330 e. The van der Waals surface area contributed by atoms with Crippen molar-refractivity contribution in [1.29, 1.82) is 0 Å². The van der Waals surface area contributed by atoms with Gasteiger partial charge < -0.3 is 26.0 Å². The van der Waals surface area contributed by atoms with Gasteiger partial charge in [-0.15, -0.1) is 0 Å². The average Bonchev–Trinajstić information content (AvgIpc) is 2.85. The number of aromatic amines is 1. The van der Waals surface area contributed by atoms with Crippen molar-refractivity contribution in [3.8, 4) is 0 Å². The molecule has 0 amide bonds. The highest BCUT2D eigenvalue weighted by atomic mass is 79.9. The molecule has 2 heterocycles. The van der Waals surface area contributed by atoms with E-state index in [2.05, 4.69) is 31.0 Å². The Hall–Kier alpha value is -1.41. The quantitative estimate of drug-likeness (QED) is 0.547. The van der Waals surface area contributed by atoms with Crippen LogP contribution in [0.5, 0.6) is 0 Å². The number of aromatic nitrogens is 4. The normalized spacial score (nSPS) is 11.7. The van der Waals surface area contributed by atoms with Gasteiger partial charge in [-0.1, -0.05) is 13.8 Å². The predicted octanol–water partition coefficient (Wildman–Crippen LogP) is -2.21. The number of hydrogen-bond acceptors (Lipinski definition) is 3. The maximum atomic E-state index is 12.2. The number of fused-ring (bicyclic) bond motifs is 1. The molecule has 2 rings (SSSR count). The summed E-state index contributed by atoms with van der Waals surface area (Å²) >= 11 is 0. The summed E-state index contributed by atoms with van der Waals surface area (Å²) in [7, 11) is 4.36. The van der Waals surface area contributed by atoms with Crippen molar-refractivity contribution in [1.82, 2.24) is 19.1 Å². The average molecular weight is 388 g/mol. The first-order chi connectivity index (χ1) is 10.4. The molecule has 1 N–H and O–H groups in total. The van der Waals surface area contributed by atoms with Crippen LogP contribution in [0.25, 0.3) is 11.2 Å². The van der Waals surface area contributed by atoms with E-state index in [9.17, 15) is 9.59 Å². The Morgan fingerprint density at radius 2 is 1.83 bits per heavy atom. The number of rotatable bonds is 7. The Labute approximate surface area is 146 Å². The Bertz CT molecular complexity index is 759. The van der Waals surface area contributed by atoms with E-state index in [0.717, 1.165) is 30.4 Å². The molecule has 0 spiro atoms. The van der Waals surface area contributed by atoms with Crippen LogP contribution >= 0.6 is 0 Å². The molecule has 0 aromatic carbocycles. The second-order valence-corrected chi connectivity index (χ2v) is 6.40. The fourth-order valence-electron chi connectivity index (χ4n) is 2.82. The van der Waals surface area contributed by atoms with Crippen LogP contribution in [-0.4, -0.2) is 50.8 Å². The molecule has 0 aliphatic carbocycles. The molecule has 8 heteroatoms. The summed E-state index contributed by atoms with van der Waals surface area (Å²) in [5, 5.41) is 0. The summed E-state index contributed by atoms with van der Waals surface area (Å²) in [5.41, 5.74) is 0.235. The van der Waals surface area contributed by atoms with E-state index >= 15 is 0 Å². The van der Waals surface area contributed by atoms with Crippen molar-refractivity contribution in [2.75, 3.05) is 27.2 Å². The molecule has 0 bridgehead atoms. The highest BCUT2D eigenvalue weighted by molar-refractivity contribution is 5.69. The van der Waals surface area contributed by atoms with Gasteiger partial charge in [0.15, 0.2) is 11.2 Å². The van der Waals surface area contributed by atoms with Crippen LogP contribution in [0.2, 0.25) is 0 Å². The van der Waals surface area contributed by atoms with E-state index in [-0.39, 0.29) is 28.2 Å². The number of quaternary nitrogens is 1. The number of imidazole rings is 1. The summed E-state index contributed by atoms with van der Waals surface area (Å²) in [6, 6.07) is 0. The molecule has 0 atom stereocenters. The standard InChI is InChI=1S/C15H25N5O2.BrH/c1-5-7-19-13-12(14(21)17-15(19)22)18(11-16-13)8-10-20(3,4)9-6-2;/h11H,5-10H2,1-4H3;1H. The van der Waals surface area contributed by atoms with Crippen LogP contribution in [0.4, 0.5) is 0 Å². The molecule has 0 radical (unpaired) electrons. The SMILES string of the molecule is CCCn1c(=O)[nH]c(=O)c2c1ncn2CC[N+](C)(C)CCC.[Br-]. The minimum absolute atomic E-state index is 0. The second kappa shape index (κ2) is 7.92. The van der Waals surface area contributed by atoms with Gasteiger partial charge in [0.1, 0.15) is 0 Å². The van der Waals surface area contributed by atoms with Gasteiger partial charge in [-0.25, -0.2) is 9.78 Å². The fourth-order valence-corrected chi connectivity index (χ4v) is 2.82. The van der Waals surface area contributed by atoms with Crippen LogP contribution in [0, 0.1) is 0 Å². The zero-order valence-electron chi connectivity index (χ0n) is 14.3. The van der Waals surface area contributed by atoms with Crippen LogP contribution in [-0.2, 0) is 13.1 Å². The predicted molar refractivity (Wildman–Crippen MR) is 87.0 cm³/mol. The lowest BCUT2D eigenvalue weighted by molar-refractivity contribution is -0.890. The Kier molecular flexibility index (Phi) is 6.76. The van der Waals surface area contributed by atoms with Crippen LogP contribution in [0.15, 0.2) is 15.9 Å². The largest absolute Gasteiger partial charge is 1.00 e. The molecule has 0 saturated carbocycles. The zero-order chi connectivity index (χ0) is 16.3. The first-order valence-corrected chi connectivity index (χ1v) is 7.89. The van der Waals surface area contributed by atoms with Gasteiger partial charge in [-0.2, -0.15) is 0 Å². The van der Waals surface area contributed by atoms with E-state index in [1.54, 1.807) is 10.9 Å². The van der Waals surface area contributed by atoms with Gasteiger partial charge >= 0.3 is 5.69 Å². The molecule has 23 heavy (non-hydrogen) atoms. The van der Waals surface area contributed by atoms with Gasteiger partial charge in [-0.3, -0.25) is 14.3 Å². The number of aryl methyl sites for hydroxylation is 1. The molecule has 7 nitrogen and oxygen atoms in total. The molecule has 0 saturated heterocycles. The van der Waals surface area contributed by atoms with Gasteiger partial charge in [0.25, 0.3) is 5.56 Å². The number of H-pyrrole nitrogens is 1. The Morgan fingerprint density at radius 3 is 2.43 bits per heavy atom. The fraction of sp³-hybridized carbons (Fsp3) is 0.667. The summed E-state index contributed by atoms with van der Waals surface area (Å²) in [6.07, 6.45) is 3.60. The third-order valence-electron chi connectivity index (χ3n) is 3.98. The van der Waals surface area contributed by atoms with Crippen molar-refractivity contribution < 1.29 is 21.5 Å². The number of likely N-dealkylation sites (N-methyl/N-ethyl adjacent to an activating group) is 1. The Balaban J connectivity index is 0.00000264. The number of nitrogens with one attached hydrogen (secondary N) is 1. The lowest BCUT2D eigenvalue weighted by Gasteiger charge is -2.29. The van der Waals surface area contributed by atoms with Crippen LogP contribution in [0.1, 0.15) is 26.7 Å². The van der Waals surface area contributed by atoms with Crippen molar-refractivity contribution >= 4 is 11.2 Å². The highest BCUT2D eigenvalue weighted by Gasteiger charge is 2.17.